The van der Waals surface area contributed by atoms with Crippen molar-refractivity contribution >= 4 is 17.3 Å². The van der Waals surface area contributed by atoms with Crippen molar-refractivity contribution in [1.82, 2.24) is 0 Å². The van der Waals surface area contributed by atoms with Crippen LogP contribution in [-0.4, -0.2) is 18.2 Å². The molecule has 0 amide bonds. The van der Waals surface area contributed by atoms with E-state index in [-0.39, 0.29) is 6.61 Å². The highest BCUT2D eigenvalue weighted by Crippen LogP contribution is 2.25. The fourth-order valence-electron chi connectivity index (χ4n) is 1.60. The first kappa shape index (κ1) is 12.8. The van der Waals surface area contributed by atoms with Gasteiger partial charge in [-0.3, -0.25) is 0 Å². The van der Waals surface area contributed by atoms with Crippen molar-refractivity contribution in [3.05, 3.63) is 28.8 Å². The molecule has 0 heterocycles. The summed E-state index contributed by atoms with van der Waals surface area (Å²) in [7, 11) is 0. The Bertz CT molecular complexity index is 387. The number of halogens is 1. The third-order valence-corrected chi connectivity index (χ3v) is 2.67. The summed E-state index contributed by atoms with van der Waals surface area (Å²) in [4.78, 5) is 2.04. The molecular weight excluding hydrogens is 224 g/mol. The predicted octanol–water partition coefficient (Wildman–Crippen LogP) is 2.57. The molecule has 3 nitrogen and oxygen atoms in total. The number of hydrogen-bond acceptors (Lipinski definition) is 3. The summed E-state index contributed by atoms with van der Waals surface area (Å²) >= 11 is 5.94. The van der Waals surface area contributed by atoms with E-state index in [4.69, 9.17) is 16.9 Å². The molecule has 0 atom stereocenters. The Morgan fingerprint density at radius 3 is 2.81 bits per heavy atom. The van der Waals surface area contributed by atoms with Gasteiger partial charge >= 0.3 is 0 Å². The maximum Gasteiger partial charge on any atom is 0.0702 e. The number of nitrogens with zero attached hydrogens (tertiary/aromatic N) is 2. The average molecular weight is 239 g/mol. The van der Waals surface area contributed by atoms with E-state index >= 15 is 0 Å². The minimum atomic E-state index is -0.0183. The third kappa shape index (κ3) is 3.13. The van der Waals surface area contributed by atoms with Gasteiger partial charge in [-0.1, -0.05) is 17.7 Å². The van der Waals surface area contributed by atoms with Crippen LogP contribution in [0.25, 0.3) is 0 Å². The first-order valence-corrected chi connectivity index (χ1v) is 5.62. The van der Waals surface area contributed by atoms with Crippen LogP contribution in [0.3, 0.4) is 0 Å². The van der Waals surface area contributed by atoms with Crippen LogP contribution in [0.2, 0.25) is 5.02 Å². The highest BCUT2D eigenvalue weighted by molar-refractivity contribution is 6.30. The average Bonchev–Trinajstić information content (AvgIpc) is 2.30. The topological polar surface area (TPSA) is 47.3 Å². The van der Waals surface area contributed by atoms with Crippen LogP contribution < -0.4 is 4.90 Å². The van der Waals surface area contributed by atoms with E-state index in [1.54, 1.807) is 6.07 Å². The van der Waals surface area contributed by atoms with E-state index in [0.29, 0.717) is 18.0 Å². The normalized spacial score (nSPS) is 9.88. The first-order chi connectivity index (χ1) is 7.72. The van der Waals surface area contributed by atoms with E-state index in [0.717, 1.165) is 17.8 Å². The molecule has 86 valence electrons. The molecular formula is C12H15ClN2O. The van der Waals surface area contributed by atoms with Crippen molar-refractivity contribution in [3.8, 4) is 6.07 Å². The predicted molar refractivity (Wildman–Crippen MR) is 65.5 cm³/mol. The minimum absolute atomic E-state index is 0.0183. The molecule has 1 aromatic rings. The maximum atomic E-state index is 9.24. The van der Waals surface area contributed by atoms with Gasteiger partial charge in [-0.25, -0.2) is 0 Å². The van der Waals surface area contributed by atoms with E-state index in [9.17, 15) is 5.11 Å². The Hall–Kier alpha value is -1.24. The van der Waals surface area contributed by atoms with E-state index in [1.807, 2.05) is 24.0 Å². The number of nitriles is 1. The molecule has 0 unspecified atom stereocenters. The summed E-state index contributed by atoms with van der Waals surface area (Å²) in [6.45, 7) is 3.43. The second kappa shape index (κ2) is 6.37. The standard InChI is InChI=1S/C12H15ClN2O/c1-2-15(7-3-6-14)12-8-11(13)5-4-10(12)9-16/h4-5,8,16H,2-3,7,9H2,1H3. The maximum absolute atomic E-state index is 9.24. The zero-order valence-electron chi connectivity index (χ0n) is 9.28. The van der Waals surface area contributed by atoms with Crippen molar-refractivity contribution < 1.29 is 5.11 Å². The van der Waals surface area contributed by atoms with Gasteiger partial charge in [0.2, 0.25) is 0 Å². The van der Waals surface area contributed by atoms with Crippen LogP contribution in [0, 0.1) is 11.3 Å². The number of aliphatic hydroxyl groups is 1. The molecule has 0 fully saturated rings. The molecule has 1 aromatic carbocycles. The molecule has 0 bridgehead atoms. The van der Waals surface area contributed by atoms with E-state index in [1.165, 1.54) is 0 Å². The molecule has 0 spiro atoms. The van der Waals surface area contributed by atoms with Gasteiger partial charge in [-0.2, -0.15) is 5.26 Å². The lowest BCUT2D eigenvalue weighted by Crippen LogP contribution is -2.24. The molecule has 0 radical (unpaired) electrons. The molecule has 16 heavy (non-hydrogen) atoms. The third-order valence-electron chi connectivity index (χ3n) is 2.43. The Kier molecular flexibility index (Phi) is 5.10. The van der Waals surface area contributed by atoms with Gasteiger partial charge < -0.3 is 10.0 Å². The number of rotatable bonds is 5. The van der Waals surface area contributed by atoms with Crippen LogP contribution in [0.15, 0.2) is 18.2 Å². The summed E-state index contributed by atoms with van der Waals surface area (Å²) in [6.07, 6.45) is 0.464. The SMILES string of the molecule is CCN(CCC#N)c1cc(Cl)ccc1CO. The lowest BCUT2D eigenvalue weighted by molar-refractivity contribution is 0.282. The molecule has 4 heteroatoms. The second-order valence-corrected chi connectivity index (χ2v) is 3.86. The van der Waals surface area contributed by atoms with Crippen molar-refractivity contribution in [3.63, 3.8) is 0 Å². The quantitative estimate of drug-likeness (QED) is 0.858. The van der Waals surface area contributed by atoms with Gasteiger partial charge in [0.1, 0.15) is 0 Å². The summed E-state index contributed by atoms with van der Waals surface area (Å²) in [5.74, 6) is 0. The molecule has 0 aliphatic rings. The summed E-state index contributed by atoms with van der Waals surface area (Å²) in [6, 6.07) is 7.52. The fourth-order valence-corrected chi connectivity index (χ4v) is 1.77. The van der Waals surface area contributed by atoms with Crippen LogP contribution in [0.5, 0.6) is 0 Å². The van der Waals surface area contributed by atoms with Gasteiger partial charge in [0.05, 0.1) is 19.1 Å². The molecule has 0 saturated heterocycles. The van der Waals surface area contributed by atoms with Crippen LogP contribution in [0.4, 0.5) is 5.69 Å². The Balaban J connectivity index is 2.98. The molecule has 1 N–H and O–H groups in total. The van der Waals surface area contributed by atoms with Gasteiger partial charge in [0, 0.05) is 29.4 Å². The molecule has 0 aliphatic heterocycles. The van der Waals surface area contributed by atoms with Gasteiger partial charge in [0.25, 0.3) is 0 Å². The van der Waals surface area contributed by atoms with Crippen LogP contribution >= 0.6 is 11.6 Å². The number of aliphatic hydroxyl groups excluding tert-OH is 1. The lowest BCUT2D eigenvalue weighted by atomic mass is 10.1. The van der Waals surface area contributed by atoms with Crippen LogP contribution in [-0.2, 0) is 6.61 Å². The van der Waals surface area contributed by atoms with Crippen molar-refractivity contribution in [1.29, 1.82) is 5.26 Å². The number of anilines is 1. The Morgan fingerprint density at radius 1 is 1.50 bits per heavy atom. The monoisotopic (exact) mass is 238 g/mol. The summed E-state index contributed by atoms with van der Waals surface area (Å²) < 4.78 is 0. The summed E-state index contributed by atoms with van der Waals surface area (Å²) in [5, 5.41) is 18.5. The molecule has 0 aliphatic carbocycles. The van der Waals surface area contributed by atoms with Crippen LogP contribution in [0.1, 0.15) is 18.9 Å². The Labute approximate surface area is 101 Å². The minimum Gasteiger partial charge on any atom is -0.392 e. The van der Waals surface area contributed by atoms with Crippen molar-refractivity contribution in [2.75, 3.05) is 18.0 Å². The molecule has 0 saturated carbocycles. The molecule has 1 rings (SSSR count). The lowest BCUT2D eigenvalue weighted by Gasteiger charge is -2.24. The van der Waals surface area contributed by atoms with Gasteiger partial charge in [0.15, 0.2) is 0 Å². The highest BCUT2D eigenvalue weighted by atomic mass is 35.5. The molecule has 0 aromatic heterocycles. The second-order valence-electron chi connectivity index (χ2n) is 3.42. The van der Waals surface area contributed by atoms with Crippen molar-refractivity contribution in [2.45, 2.75) is 20.0 Å². The fraction of sp³-hybridized carbons (Fsp3) is 0.417. The Morgan fingerprint density at radius 2 is 2.25 bits per heavy atom. The number of benzene rings is 1. The van der Waals surface area contributed by atoms with E-state index < -0.39 is 0 Å². The van der Waals surface area contributed by atoms with E-state index in [2.05, 4.69) is 6.07 Å². The van der Waals surface area contributed by atoms with Crippen molar-refractivity contribution in [2.24, 2.45) is 0 Å². The summed E-state index contributed by atoms with van der Waals surface area (Å²) in [5.41, 5.74) is 1.75. The smallest absolute Gasteiger partial charge is 0.0702 e. The first-order valence-electron chi connectivity index (χ1n) is 5.24. The largest absolute Gasteiger partial charge is 0.392 e. The highest BCUT2D eigenvalue weighted by Gasteiger charge is 2.09. The zero-order chi connectivity index (χ0) is 12.0. The van der Waals surface area contributed by atoms with Gasteiger partial charge in [-0.05, 0) is 19.1 Å². The number of hydrogen-bond donors (Lipinski definition) is 1. The van der Waals surface area contributed by atoms with Gasteiger partial charge in [-0.15, -0.1) is 0 Å². The zero-order valence-corrected chi connectivity index (χ0v) is 10.0.